The van der Waals surface area contributed by atoms with Crippen LogP contribution >= 0.6 is 0 Å². The number of halogens is 1. The fourth-order valence-corrected chi connectivity index (χ4v) is 3.24. The summed E-state index contributed by atoms with van der Waals surface area (Å²) in [6.45, 7) is 6.18. The average molecular weight is 415 g/mol. The summed E-state index contributed by atoms with van der Waals surface area (Å²) >= 11 is 0. The first-order valence-electron chi connectivity index (χ1n) is 9.75. The van der Waals surface area contributed by atoms with Crippen molar-refractivity contribution in [2.45, 2.75) is 32.9 Å². The molecule has 30 heavy (non-hydrogen) atoms. The quantitative estimate of drug-likeness (QED) is 0.777. The Bertz CT molecular complexity index is 950. The van der Waals surface area contributed by atoms with Crippen LogP contribution in [-0.2, 0) is 4.74 Å². The highest BCUT2D eigenvalue weighted by Gasteiger charge is 2.37. The molecule has 3 rings (SSSR count). The van der Waals surface area contributed by atoms with Crippen molar-refractivity contribution in [2.75, 3.05) is 30.9 Å². The summed E-state index contributed by atoms with van der Waals surface area (Å²) in [4.78, 5) is 35.7. The first-order chi connectivity index (χ1) is 14.2. The SMILES string of the molecule is CC(C)C1COC(=O)N1c1ccnc(N[C@@H](C)c2ccc(C(=O)N(C)C)c(F)c2)n1. The van der Waals surface area contributed by atoms with Crippen molar-refractivity contribution in [1.29, 1.82) is 0 Å². The van der Waals surface area contributed by atoms with E-state index in [2.05, 4.69) is 15.3 Å². The van der Waals surface area contributed by atoms with Gasteiger partial charge in [-0.15, -0.1) is 0 Å². The van der Waals surface area contributed by atoms with E-state index < -0.39 is 17.8 Å². The number of aromatic nitrogens is 2. The molecule has 8 nitrogen and oxygen atoms in total. The minimum Gasteiger partial charge on any atom is -0.447 e. The molecule has 1 saturated heterocycles. The number of rotatable bonds is 6. The van der Waals surface area contributed by atoms with E-state index in [0.29, 0.717) is 23.9 Å². The van der Waals surface area contributed by atoms with Crippen LogP contribution in [0.4, 0.5) is 21.0 Å². The maximum atomic E-state index is 14.4. The van der Waals surface area contributed by atoms with Crippen LogP contribution in [0.2, 0.25) is 0 Å². The van der Waals surface area contributed by atoms with Crippen molar-refractivity contribution in [2.24, 2.45) is 5.92 Å². The molecular weight excluding hydrogens is 389 g/mol. The Morgan fingerprint density at radius 3 is 2.67 bits per heavy atom. The molecule has 2 heterocycles. The zero-order valence-corrected chi connectivity index (χ0v) is 17.7. The number of nitrogens with one attached hydrogen (secondary N) is 1. The van der Waals surface area contributed by atoms with Gasteiger partial charge in [-0.2, -0.15) is 4.98 Å². The lowest BCUT2D eigenvalue weighted by Gasteiger charge is -2.24. The Morgan fingerprint density at radius 1 is 1.30 bits per heavy atom. The normalized spacial score (nSPS) is 17.1. The van der Waals surface area contributed by atoms with Gasteiger partial charge in [0.1, 0.15) is 18.2 Å². The third-order valence-corrected chi connectivity index (χ3v) is 5.04. The second kappa shape index (κ2) is 8.64. The van der Waals surface area contributed by atoms with E-state index in [1.807, 2.05) is 20.8 Å². The highest BCUT2D eigenvalue weighted by molar-refractivity contribution is 5.94. The highest BCUT2D eigenvalue weighted by Crippen LogP contribution is 2.27. The number of amides is 2. The number of hydrogen-bond donors (Lipinski definition) is 1. The summed E-state index contributed by atoms with van der Waals surface area (Å²) in [6, 6.07) is 5.70. The molecule has 0 spiro atoms. The van der Waals surface area contributed by atoms with Crippen molar-refractivity contribution < 1.29 is 18.7 Å². The molecule has 0 radical (unpaired) electrons. The lowest BCUT2D eigenvalue weighted by Crippen LogP contribution is -2.37. The number of ether oxygens (including phenoxy) is 1. The van der Waals surface area contributed by atoms with E-state index in [-0.39, 0.29) is 23.6 Å². The van der Waals surface area contributed by atoms with Crippen LogP contribution in [0.1, 0.15) is 42.7 Å². The van der Waals surface area contributed by atoms with Crippen molar-refractivity contribution in [3.05, 3.63) is 47.4 Å². The number of hydrogen-bond acceptors (Lipinski definition) is 6. The molecule has 1 unspecified atom stereocenters. The summed E-state index contributed by atoms with van der Waals surface area (Å²) in [5.41, 5.74) is 0.652. The van der Waals surface area contributed by atoms with E-state index in [1.165, 1.54) is 21.9 Å². The van der Waals surface area contributed by atoms with Gasteiger partial charge in [0, 0.05) is 20.3 Å². The molecular formula is C21H26FN5O3. The maximum absolute atomic E-state index is 14.4. The topological polar surface area (TPSA) is 87.7 Å². The van der Waals surface area contributed by atoms with Crippen LogP contribution in [0.25, 0.3) is 0 Å². The van der Waals surface area contributed by atoms with Gasteiger partial charge < -0.3 is 15.0 Å². The molecule has 2 atom stereocenters. The monoisotopic (exact) mass is 415 g/mol. The van der Waals surface area contributed by atoms with Crippen LogP contribution in [0, 0.1) is 11.7 Å². The predicted octanol–water partition coefficient (Wildman–Crippen LogP) is 3.47. The van der Waals surface area contributed by atoms with E-state index in [9.17, 15) is 14.0 Å². The van der Waals surface area contributed by atoms with Gasteiger partial charge in [-0.3, -0.25) is 9.69 Å². The second-order valence-corrected chi connectivity index (χ2v) is 7.80. The number of carbonyl (C=O) groups excluding carboxylic acids is 2. The second-order valence-electron chi connectivity index (χ2n) is 7.80. The molecule has 0 aliphatic carbocycles. The van der Waals surface area contributed by atoms with Gasteiger partial charge in [0.25, 0.3) is 5.91 Å². The number of carbonyl (C=O) groups is 2. The molecule has 1 aliphatic rings. The van der Waals surface area contributed by atoms with Crippen molar-refractivity contribution >= 4 is 23.8 Å². The first kappa shape index (κ1) is 21.5. The number of anilines is 2. The minimum absolute atomic E-state index is 0.0153. The molecule has 1 aliphatic heterocycles. The molecule has 2 amide bonds. The van der Waals surface area contributed by atoms with Crippen molar-refractivity contribution in [1.82, 2.24) is 14.9 Å². The van der Waals surface area contributed by atoms with Crippen LogP contribution < -0.4 is 10.2 Å². The number of benzene rings is 1. The van der Waals surface area contributed by atoms with E-state index in [4.69, 9.17) is 4.74 Å². The third kappa shape index (κ3) is 4.34. The average Bonchev–Trinajstić information content (AvgIpc) is 3.09. The van der Waals surface area contributed by atoms with Crippen molar-refractivity contribution in [3.63, 3.8) is 0 Å². The van der Waals surface area contributed by atoms with Gasteiger partial charge in [0.2, 0.25) is 5.95 Å². The Kier molecular flexibility index (Phi) is 6.19. The number of nitrogens with zero attached hydrogens (tertiary/aromatic N) is 4. The molecule has 1 aromatic carbocycles. The fraction of sp³-hybridized carbons (Fsp3) is 0.429. The van der Waals surface area contributed by atoms with Gasteiger partial charge in [0.05, 0.1) is 17.6 Å². The van der Waals surface area contributed by atoms with Crippen LogP contribution in [0.15, 0.2) is 30.5 Å². The molecule has 1 N–H and O–H groups in total. The fourth-order valence-electron chi connectivity index (χ4n) is 3.24. The Morgan fingerprint density at radius 2 is 2.03 bits per heavy atom. The lowest BCUT2D eigenvalue weighted by molar-refractivity contribution is 0.0823. The van der Waals surface area contributed by atoms with E-state index >= 15 is 0 Å². The predicted molar refractivity (Wildman–Crippen MR) is 111 cm³/mol. The highest BCUT2D eigenvalue weighted by atomic mass is 19.1. The Balaban J connectivity index is 1.79. The Labute approximate surface area is 175 Å². The summed E-state index contributed by atoms with van der Waals surface area (Å²) in [5, 5.41) is 3.12. The largest absolute Gasteiger partial charge is 0.447 e. The number of cyclic esters (lactones) is 1. The molecule has 9 heteroatoms. The van der Waals surface area contributed by atoms with Crippen LogP contribution in [0.5, 0.6) is 0 Å². The van der Waals surface area contributed by atoms with Gasteiger partial charge in [-0.1, -0.05) is 19.9 Å². The van der Waals surface area contributed by atoms with Crippen LogP contribution in [0.3, 0.4) is 0 Å². The lowest BCUT2D eigenvalue weighted by atomic mass is 10.0. The van der Waals surface area contributed by atoms with Gasteiger partial charge in [-0.05, 0) is 36.6 Å². The summed E-state index contributed by atoms with van der Waals surface area (Å²) < 4.78 is 19.6. The molecule has 160 valence electrons. The summed E-state index contributed by atoms with van der Waals surface area (Å²) in [6.07, 6.45) is 1.12. The molecule has 2 aromatic rings. The zero-order chi connectivity index (χ0) is 22.0. The summed E-state index contributed by atoms with van der Waals surface area (Å²) in [7, 11) is 3.15. The standard InChI is InChI=1S/C21H26FN5O3/c1-12(2)17-11-30-21(29)27(17)18-8-9-23-20(25-18)24-13(3)14-6-7-15(16(22)10-14)19(28)26(4)5/h6-10,12-13,17H,11H2,1-5H3,(H,23,24,25)/t13-,17?/m0/s1. The maximum Gasteiger partial charge on any atom is 0.415 e. The van der Waals surface area contributed by atoms with Gasteiger partial charge in [0.15, 0.2) is 0 Å². The smallest absolute Gasteiger partial charge is 0.415 e. The zero-order valence-electron chi connectivity index (χ0n) is 17.7. The van der Waals surface area contributed by atoms with E-state index in [1.54, 1.807) is 32.4 Å². The molecule has 0 bridgehead atoms. The molecule has 1 fully saturated rings. The Hall–Kier alpha value is -3.23. The molecule has 0 saturated carbocycles. The summed E-state index contributed by atoms with van der Waals surface area (Å²) in [5.74, 6) is -0.0369. The van der Waals surface area contributed by atoms with Gasteiger partial charge in [-0.25, -0.2) is 14.2 Å². The first-order valence-corrected chi connectivity index (χ1v) is 9.75. The van der Waals surface area contributed by atoms with Gasteiger partial charge >= 0.3 is 6.09 Å². The van der Waals surface area contributed by atoms with Crippen molar-refractivity contribution in [3.8, 4) is 0 Å². The third-order valence-electron chi connectivity index (χ3n) is 5.04. The van der Waals surface area contributed by atoms with E-state index in [0.717, 1.165) is 0 Å². The minimum atomic E-state index is -0.589. The van der Waals surface area contributed by atoms with Crippen LogP contribution in [-0.4, -0.2) is 53.6 Å². The molecule has 1 aromatic heterocycles.